The average molecular weight is 400 g/mol. The van der Waals surface area contributed by atoms with E-state index >= 15 is 0 Å². The minimum Gasteiger partial charge on any atom is -0.548 e. The molecule has 0 aliphatic heterocycles. The molecule has 0 saturated heterocycles. The van der Waals surface area contributed by atoms with Crippen LogP contribution in [0.4, 0.5) is 0 Å². The lowest BCUT2D eigenvalue weighted by Gasteiger charge is -2.24. The number of carbonyl (C=O) groups excluding carboxylic acids is 2. The summed E-state index contributed by atoms with van der Waals surface area (Å²) in [7, 11) is 0. The summed E-state index contributed by atoms with van der Waals surface area (Å²) >= 11 is 0. The second-order valence-corrected chi connectivity index (χ2v) is 8.11. The van der Waals surface area contributed by atoms with Crippen molar-refractivity contribution >= 4 is 22.8 Å². The van der Waals surface area contributed by atoms with Crippen LogP contribution in [0.2, 0.25) is 0 Å². The summed E-state index contributed by atoms with van der Waals surface area (Å²) in [5.74, 6) is -1.32. The summed E-state index contributed by atoms with van der Waals surface area (Å²) in [5, 5.41) is 14.5. The predicted molar refractivity (Wildman–Crippen MR) is 106 cm³/mol. The van der Waals surface area contributed by atoms with Crippen LogP contribution in [0.25, 0.3) is 11.0 Å². The van der Waals surface area contributed by atoms with Gasteiger partial charge < -0.3 is 24.4 Å². The lowest BCUT2D eigenvalue weighted by Crippen LogP contribution is -2.51. The fourth-order valence-electron chi connectivity index (χ4n) is 3.82. The van der Waals surface area contributed by atoms with Crippen molar-refractivity contribution < 1.29 is 23.8 Å². The first-order valence-corrected chi connectivity index (χ1v) is 9.94. The molecule has 0 unspecified atom stereocenters. The van der Waals surface area contributed by atoms with E-state index in [2.05, 4.69) is 5.32 Å². The maximum absolute atomic E-state index is 12.6. The monoisotopic (exact) mass is 400 g/mol. The van der Waals surface area contributed by atoms with Crippen molar-refractivity contribution in [2.45, 2.75) is 65.5 Å². The van der Waals surface area contributed by atoms with Gasteiger partial charge >= 0.3 is 5.63 Å². The maximum atomic E-state index is 12.6. The highest BCUT2D eigenvalue weighted by atomic mass is 16.5. The first-order valence-electron chi connectivity index (χ1n) is 9.94. The normalized spacial score (nSPS) is 15.2. The summed E-state index contributed by atoms with van der Waals surface area (Å²) in [5.41, 5.74) is 2.51. The van der Waals surface area contributed by atoms with Crippen molar-refractivity contribution in [2.24, 2.45) is 5.92 Å². The van der Waals surface area contributed by atoms with Crippen molar-refractivity contribution in [3.63, 3.8) is 0 Å². The van der Waals surface area contributed by atoms with Crippen LogP contribution in [0.15, 0.2) is 21.3 Å². The lowest BCUT2D eigenvalue weighted by atomic mass is 10.0. The zero-order chi connectivity index (χ0) is 21.3. The first kappa shape index (κ1) is 20.9. The highest BCUT2D eigenvalue weighted by Gasteiger charge is 2.25. The third-order valence-corrected chi connectivity index (χ3v) is 5.16. The standard InChI is InChI=1S/C22H27NO6/c1-11(2)8-16(21(25)26)23-20(24)13(4)28-17-9-12(3)10-18-19(17)14-6-5-7-15(14)22(27)29-18/h9-11,13,16H,5-8H2,1-4H3,(H,23,24)(H,25,26)/p-1/t13-,16-/m0/s1. The van der Waals surface area contributed by atoms with E-state index in [9.17, 15) is 19.5 Å². The molecular formula is C22H26NO6-. The van der Waals surface area contributed by atoms with E-state index in [4.69, 9.17) is 9.15 Å². The van der Waals surface area contributed by atoms with E-state index in [1.807, 2.05) is 20.8 Å². The van der Waals surface area contributed by atoms with Crippen LogP contribution in [-0.2, 0) is 22.4 Å². The van der Waals surface area contributed by atoms with Gasteiger partial charge in [-0.25, -0.2) is 4.79 Å². The van der Waals surface area contributed by atoms with Crippen LogP contribution in [0.3, 0.4) is 0 Å². The molecular weight excluding hydrogens is 374 g/mol. The number of fused-ring (bicyclic) bond motifs is 3. The maximum Gasteiger partial charge on any atom is 0.339 e. The Balaban J connectivity index is 1.89. The molecule has 0 bridgehead atoms. The van der Waals surface area contributed by atoms with Crippen molar-refractivity contribution in [3.8, 4) is 5.75 Å². The molecule has 0 fully saturated rings. The molecule has 7 nitrogen and oxygen atoms in total. The fourth-order valence-corrected chi connectivity index (χ4v) is 3.82. The molecule has 1 aromatic heterocycles. The number of benzene rings is 1. The quantitative estimate of drug-likeness (QED) is 0.708. The second-order valence-electron chi connectivity index (χ2n) is 8.11. The number of carbonyl (C=O) groups is 2. The van der Waals surface area contributed by atoms with Gasteiger partial charge in [-0.15, -0.1) is 0 Å². The molecule has 156 valence electrons. The predicted octanol–water partition coefficient (Wildman–Crippen LogP) is 1.64. The van der Waals surface area contributed by atoms with E-state index in [1.54, 1.807) is 19.1 Å². The number of nitrogens with one attached hydrogen (secondary N) is 1. The minimum atomic E-state index is -1.32. The molecule has 1 N–H and O–H groups in total. The van der Waals surface area contributed by atoms with Crippen LogP contribution in [0.1, 0.15) is 50.3 Å². The van der Waals surface area contributed by atoms with Gasteiger partial charge in [0.2, 0.25) is 0 Å². The number of carboxylic acid groups (broad SMARTS) is 1. The fraction of sp³-hybridized carbons (Fsp3) is 0.500. The van der Waals surface area contributed by atoms with Gasteiger partial charge in [-0.2, -0.15) is 0 Å². The van der Waals surface area contributed by atoms with Gasteiger partial charge in [0.15, 0.2) is 6.10 Å². The molecule has 29 heavy (non-hydrogen) atoms. The Morgan fingerprint density at radius 1 is 1.21 bits per heavy atom. The Bertz CT molecular complexity index is 1010. The van der Waals surface area contributed by atoms with Gasteiger partial charge in [-0.05, 0) is 68.7 Å². The van der Waals surface area contributed by atoms with E-state index < -0.39 is 24.0 Å². The number of aliphatic carboxylic acids is 1. The smallest absolute Gasteiger partial charge is 0.339 e. The molecule has 2 atom stereocenters. The van der Waals surface area contributed by atoms with Gasteiger partial charge in [0.25, 0.3) is 5.91 Å². The zero-order valence-electron chi connectivity index (χ0n) is 17.2. The third-order valence-electron chi connectivity index (χ3n) is 5.16. The molecule has 1 aromatic carbocycles. The summed E-state index contributed by atoms with van der Waals surface area (Å²) in [6.45, 7) is 7.15. The Hall–Kier alpha value is -2.83. The number of aryl methyl sites for hydroxylation is 2. The average Bonchev–Trinajstić information content (AvgIpc) is 3.10. The summed E-state index contributed by atoms with van der Waals surface area (Å²) in [6, 6.07) is 2.50. The van der Waals surface area contributed by atoms with Crippen LogP contribution in [0, 0.1) is 12.8 Å². The van der Waals surface area contributed by atoms with Crippen molar-refractivity contribution in [1.29, 1.82) is 0 Å². The summed E-state index contributed by atoms with van der Waals surface area (Å²) in [4.78, 5) is 36.1. The molecule has 1 amide bonds. The number of ether oxygens (including phenoxy) is 1. The van der Waals surface area contributed by atoms with Gasteiger partial charge in [0.1, 0.15) is 11.3 Å². The van der Waals surface area contributed by atoms with Gasteiger partial charge in [0, 0.05) is 5.56 Å². The number of rotatable bonds is 7. The van der Waals surface area contributed by atoms with Crippen LogP contribution < -0.4 is 20.8 Å². The molecule has 0 radical (unpaired) electrons. The second kappa shape index (κ2) is 8.27. The third kappa shape index (κ3) is 4.44. The first-order chi connectivity index (χ1) is 13.7. The molecule has 1 heterocycles. The SMILES string of the molecule is Cc1cc(O[C@@H](C)C(=O)N[C@@H](CC(C)C)C(=O)[O-])c2c3c(c(=O)oc2c1)CCC3. The molecule has 1 aliphatic carbocycles. The summed E-state index contributed by atoms with van der Waals surface area (Å²) < 4.78 is 11.4. The lowest BCUT2D eigenvalue weighted by molar-refractivity contribution is -0.308. The molecule has 3 rings (SSSR count). The molecule has 0 spiro atoms. The van der Waals surface area contributed by atoms with Gasteiger partial charge in [-0.1, -0.05) is 13.8 Å². The number of carboxylic acids is 1. The minimum absolute atomic E-state index is 0.0839. The molecule has 0 saturated carbocycles. The molecule has 2 aromatic rings. The Morgan fingerprint density at radius 2 is 1.90 bits per heavy atom. The van der Waals surface area contributed by atoms with Crippen LogP contribution >= 0.6 is 0 Å². The van der Waals surface area contributed by atoms with Gasteiger partial charge in [0.05, 0.1) is 17.4 Å². The summed E-state index contributed by atoms with van der Waals surface area (Å²) in [6.07, 6.45) is 1.62. The van der Waals surface area contributed by atoms with E-state index in [0.29, 0.717) is 28.7 Å². The largest absolute Gasteiger partial charge is 0.548 e. The van der Waals surface area contributed by atoms with Crippen molar-refractivity contribution in [1.82, 2.24) is 5.32 Å². The Labute approximate surface area is 169 Å². The van der Waals surface area contributed by atoms with Crippen molar-refractivity contribution in [2.75, 3.05) is 0 Å². The Kier molecular flexibility index (Phi) is 5.96. The highest BCUT2D eigenvalue weighted by molar-refractivity contribution is 5.90. The Morgan fingerprint density at radius 3 is 2.55 bits per heavy atom. The van der Waals surface area contributed by atoms with E-state index in [-0.39, 0.29) is 18.0 Å². The number of amides is 1. The molecule has 7 heteroatoms. The van der Waals surface area contributed by atoms with Crippen LogP contribution in [-0.4, -0.2) is 24.0 Å². The highest BCUT2D eigenvalue weighted by Crippen LogP contribution is 2.35. The van der Waals surface area contributed by atoms with Gasteiger partial charge in [-0.3, -0.25) is 4.79 Å². The van der Waals surface area contributed by atoms with E-state index in [0.717, 1.165) is 24.0 Å². The number of hydrogen-bond acceptors (Lipinski definition) is 6. The van der Waals surface area contributed by atoms with Crippen molar-refractivity contribution in [3.05, 3.63) is 39.2 Å². The topological polar surface area (TPSA) is 109 Å². The van der Waals surface area contributed by atoms with Crippen LogP contribution in [0.5, 0.6) is 5.75 Å². The molecule has 1 aliphatic rings. The van der Waals surface area contributed by atoms with E-state index in [1.165, 1.54) is 0 Å². The number of hydrogen-bond donors (Lipinski definition) is 1. The zero-order valence-corrected chi connectivity index (χ0v) is 17.2.